The fourth-order valence-corrected chi connectivity index (χ4v) is 1.92. The topological polar surface area (TPSA) is 12.5 Å². The molecule has 1 fully saturated rings. The average Bonchev–Trinajstić information content (AvgIpc) is 2.65. The van der Waals surface area contributed by atoms with Crippen LogP contribution < -0.4 is 0 Å². The second kappa shape index (κ2) is 3.09. The predicted molar refractivity (Wildman–Crippen MR) is 58.3 cm³/mol. The highest BCUT2D eigenvalue weighted by Crippen LogP contribution is 2.49. The Kier molecular flexibility index (Phi) is 2.15. The van der Waals surface area contributed by atoms with E-state index in [1.54, 1.807) is 0 Å². The number of hydrogen-bond acceptors (Lipinski definition) is 1. The summed E-state index contributed by atoms with van der Waals surface area (Å²) >= 11 is 0. The standard InChI is InChI=1S/C13H18O/c1-12(2)13(3,14-12)10-9-11-7-5-4-6-8-11/h4-8H,9-10H2,1-3H3. The number of rotatable bonds is 3. The highest BCUT2D eigenvalue weighted by atomic mass is 16.6. The quantitative estimate of drug-likeness (QED) is 0.667. The van der Waals surface area contributed by atoms with E-state index in [1.165, 1.54) is 5.56 Å². The third-order valence-electron chi connectivity index (χ3n) is 3.45. The lowest BCUT2D eigenvalue weighted by atomic mass is 9.91. The summed E-state index contributed by atoms with van der Waals surface area (Å²) in [5, 5.41) is 0. The van der Waals surface area contributed by atoms with E-state index in [1.807, 2.05) is 0 Å². The molecular weight excluding hydrogens is 172 g/mol. The maximum Gasteiger partial charge on any atom is 0.0949 e. The van der Waals surface area contributed by atoms with Gasteiger partial charge in [-0.2, -0.15) is 0 Å². The minimum Gasteiger partial charge on any atom is -0.363 e. The van der Waals surface area contributed by atoms with Gasteiger partial charge in [0.2, 0.25) is 0 Å². The van der Waals surface area contributed by atoms with Gasteiger partial charge in [-0.1, -0.05) is 30.3 Å². The summed E-state index contributed by atoms with van der Waals surface area (Å²) in [4.78, 5) is 0. The van der Waals surface area contributed by atoms with Crippen molar-refractivity contribution in [2.45, 2.75) is 44.8 Å². The van der Waals surface area contributed by atoms with Crippen LogP contribution in [0, 0.1) is 0 Å². The van der Waals surface area contributed by atoms with E-state index in [0.29, 0.717) is 0 Å². The van der Waals surface area contributed by atoms with Crippen molar-refractivity contribution in [2.24, 2.45) is 0 Å². The van der Waals surface area contributed by atoms with E-state index in [-0.39, 0.29) is 11.2 Å². The van der Waals surface area contributed by atoms with Crippen LogP contribution in [0.1, 0.15) is 32.8 Å². The predicted octanol–water partition coefficient (Wildman–Crippen LogP) is 3.19. The van der Waals surface area contributed by atoms with Crippen molar-refractivity contribution < 1.29 is 4.74 Å². The van der Waals surface area contributed by atoms with E-state index < -0.39 is 0 Å². The summed E-state index contributed by atoms with van der Waals surface area (Å²) in [6.45, 7) is 6.53. The van der Waals surface area contributed by atoms with Gasteiger partial charge in [0.05, 0.1) is 11.2 Å². The Labute approximate surface area is 86.1 Å². The second-order valence-corrected chi connectivity index (χ2v) is 4.83. The van der Waals surface area contributed by atoms with Crippen molar-refractivity contribution in [2.75, 3.05) is 0 Å². The van der Waals surface area contributed by atoms with Gasteiger partial charge in [-0.25, -0.2) is 0 Å². The normalized spacial score (nSPS) is 28.8. The molecule has 1 atom stereocenters. The lowest BCUT2D eigenvalue weighted by Gasteiger charge is -2.08. The Balaban J connectivity index is 1.91. The average molecular weight is 190 g/mol. The first-order valence-corrected chi connectivity index (χ1v) is 5.28. The van der Waals surface area contributed by atoms with Crippen LogP contribution in [0.15, 0.2) is 30.3 Å². The SMILES string of the molecule is CC1(C)OC1(C)CCc1ccccc1. The Hall–Kier alpha value is -0.820. The van der Waals surface area contributed by atoms with Gasteiger partial charge in [0, 0.05) is 0 Å². The number of benzene rings is 1. The highest BCUT2D eigenvalue weighted by molar-refractivity contribution is 5.17. The molecular formula is C13H18O. The summed E-state index contributed by atoms with van der Waals surface area (Å²) in [7, 11) is 0. The Morgan fingerprint density at radius 1 is 1.07 bits per heavy atom. The molecule has 0 aromatic heterocycles. The first-order chi connectivity index (χ1) is 6.54. The molecule has 76 valence electrons. The zero-order valence-electron chi connectivity index (χ0n) is 9.21. The van der Waals surface area contributed by atoms with E-state index in [9.17, 15) is 0 Å². The van der Waals surface area contributed by atoms with E-state index in [0.717, 1.165) is 12.8 Å². The molecule has 1 aliphatic rings. The van der Waals surface area contributed by atoms with Crippen molar-refractivity contribution in [3.05, 3.63) is 35.9 Å². The molecule has 0 spiro atoms. The van der Waals surface area contributed by atoms with Gasteiger partial charge in [0.25, 0.3) is 0 Å². The molecule has 0 amide bonds. The van der Waals surface area contributed by atoms with Crippen LogP contribution in [-0.2, 0) is 11.2 Å². The van der Waals surface area contributed by atoms with Crippen molar-refractivity contribution in [3.8, 4) is 0 Å². The second-order valence-electron chi connectivity index (χ2n) is 4.83. The summed E-state index contributed by atoms with van der Waals surface area (Å²) < 4.78 is 5.71. The van der Waals surface area contributed by atoms with E-state index >= 15 is 0 Å². The molecule has 0 radical (unpaired) electrons. The minimum absolute atomic E-state index is 0.0851. The van der Waals surface area contributed by atoms with Crippen LogP contribution in [0.3, 0.4) is 0 Å². The zero-order valence-corrected chi connectivity index (χ0v) is 9.21. The molecule has 1 aliphatic heterocycles. The Morgan fingerprint density at radius 2 is 1.64 bits per heavy atom. The van der Waals surface area contributed by atoms with Crippen molar-refractivity contribution in [1.82, 2.24) is 0 Å². The van der Waals surface area contributed by atoms with Crippen LogP contribution in [-0.4, -0.2) is 11.2 Å². The number of epoxide rings is 1. The molecule has 1 aromatic rings. The van der Waals surface area contributed by atoms with Crippen LogP contribution in [0.2, 0.25) is 0 Å². The van der Waals surface area contributed by atoms with Crippen LogP contribution in [0.25, 0.3) is 0 Å². The zero-order chi connectivity index (χ0) is 10.2. The van der Waals surface area contributed by atoms with Gasteiger partial charge in [-0.3, -0.25) is 0 Å². The van der Waals surface area contributed by atoms with Gasteiger partial charge in [0.1, 0.15) is 0 Å². The molecule has 1 nitrogen and oxygen atoms in total. The maximum absolute atomic E-state index is 5.71. The molecule has 14 heavy (non-hydrogen) atoms. The minimum atomic E-state index is 0.0851. The largest absolute Gasteiger partial charge is 0.363 e. The highest BCUT2D eigenvalue weighted by Gasteiger charge is 2.59. The monoisotopic (exact) mass is 190 g/mol. The summed E-state index contributed by atoms with van der Waals surface area (Å²) in [6, 6.07) is 10.6. The van der Waals surface area contributed by atoms with E-state index in [4.69, 9.17) is 4.74 Å². The molecule has 1 heterocycles. The van der Waals surface area contributed by atoms with Crippen molar-refractivity contribution >= 4 is 0 Å². The third-order valence-corrected chi connectivity index (χ3v) is 3.45. The van der Waals surface area contributed by atoms with Gasteiger partial charge in [-0.15, -0.1) is 0 Å². The van der Waals surface area contributed by atoms with Crippen molar-refractivity contribution in [1.29, 1.82) is 0 Å². The third kappa shape index (κ3) is 1.69. The molecule has 1 aromatic carbocycles. The molecule has 1 unspecified atom stereocenters. The van der Waals surface area contributed by atoms with Gasteiger partial charge < -0.3 is 4.74 Å². The van der Waals surface area contributed by atoms with E-state index in [2.05, 4.69) is 51.1 Å². The lowest BCUT2D eigenvalue weighted by Crippen LogP contribution is -2.17. The molecule has 1 saturated heterocycles. The summed E-state index contributed by atoms with van der Waals surface area (Å²) in [6.07, 6.45) is 2.23. The smallest absolute Gasteiger partial charge is 0.0949 e. The number of hydrogen-bond donors (Lipinski definition) is 0. The van der Waals surface area contributed by atoms with Gasteiger partial charge >= 0.3 is 0 Å². The summed E-state index contributed by atoms with van der Waals surface area (Å²) in [5.41, 5.74) is 1.59. The molecule has 0 bridgehead atoms. The Morgan fingerprint density at radius 3 is 2.14 bits per heavy atom. The molecule has 0 N–H and O–H groups in total. The molecule has 1 heteroatoms. The maximum atomic E-state index is 5.71. The lowest BCUT2D eigenvalue weighted by molar-refractivity contribution is 0.277. The molecule has 2 rings (SSSR count). The van der Waals surface area contributed by atoms with Gasteiger partial charge in [0.15, 0.2) is 0 Å². The van der Waals surface area contributed by atoms with Crippen LogP contribution in [0.5, 0.6) is 0 Å². The van der Waals surface area contributed by atoms with Crippen LogP contribution >= 0.6 is 0 Å². The molecule has 0 saturated carbocycles. The number of aryl methyl sites for hydroxylation is 1. The van der Waals surface area contributed by atoms with Gasteiger partial charge in [-0.05, 0) is 39.2 Å². The fourth-order valence-electron chi connectivity index (χ4n) is 1.92. The first kappa shape index (κ1) is 9.72. The first-order valence-electron chi connectivity index (χ1n) is 5.28. The van der Waals surface area contributed by atoms with Crippen LogP contribution in [0.4, 0.5) is 0 Å². The molecule has 0 aliphatic carbocycles. The Bertz CT molecular complexity index is 315. The fraction of sp³-hybridized carbons (Fsp3) is 0.538. The number of ether oxygens (including phenoxy) is 1. The summed E-state index contributed by atoms with van der Waals surface area (Å²) in [5.74, 6) is 0. The van der Waals surface area contributed by atoms with Crippen molar-refractivity contribution in [3.63, 3.8) is 0 Å².